The Morgan fingerprint density at radius 2 is 2.19 bits per heavy atom. The first-order valence-electron chi connectivity index (χ1n) is 5.35. The molecule has 0 fully saturated rings. The first-order chi connectivity index (χ1) is 7.74. The Hall–Kier alpha value is -0.970. The van der Waals surface area contributed by atoms with Crippen molar-refractivity contribution in [2.24, 2.45) is 0 Å². The maximum atomic E-state index is 13.2. The zero-order chi connectivity index (χ0) is 11.8. The summed E-state index contributed by atoms with van der Waals surface area (Å²) in [6, 6.07) is 6.71. The zero-order valence-corrected chi connectivity index (χ0v) is 9.45. The average Bonchev–Trinajstić information content (AvgIpc) is 2.27. The smallest absolute Gasteiger partial charge is 0.126 e. The largest absolute Gasteiger partial charge is 0.389 e. The molecule has 1 rings (SSSR count). The number of benzene rings is 1. The molecule has 0 aromatic heterocycles. The molecule has 0 saturated carbocycles. The van der Waals surface area contributed by atoms with E-state index in [1.807, 2.05) is 6.07 Å². The van der Waals surface area contributed by atoms with Crippen LogP contribution in [0.4, 0.5) is 4.39 Å². The summed E-state index contributed by atoms with van der Waals surface area (Å²) in [5.74, 6) is -0.179. The van der Waals surface area contributed by atoms with Crippen LogP contribution in [0.25, 0.3) is 0 Å². The molecule has 0 aliphatic carbocycles. The molecule has 0 aliphatic rings. The van der Waals surface area contributed by atoms with Gasteiger partial charge in [0.05, 0.1) is 12.7 Å². The number of aliphatic hydroxyl groups excluding tert-OH is 1. The van der Waals surface area contributed by atoms with Gasteiger partial charge in [-0.2, -0.15) is 0 Å². The van der Waals surface area contributed by atoms with Gasteiger partial charge < -0.3 is 15.2 Å². The summed E-state index contributed by atoms with van der Waals surface area (Å²) in [5, 5.41) is 12.4. The van der Waals surface area contributed by atoms with E-state index < -0.39 is 6.10 Å². The van der Waals surface area contributed by atoms with E-state index in [-0.39, 0.29) is 5.82 Å². The van der Waals surface area contributed by atoms with Gasteiger partial charge in [-0.1, -0.05) is 18.2 Å². The van der Waals surface area contributed by atoms with Gasteiger partial charge in [-0.05, 0) is 24.6 Å². The lowest BCUT2D eigenvalue weighted by Gasteiger charge is -2.10. The Kier molecular flexibility index (Phi) is 6.00. The molecule has 90 valence electrons. The molecule has 0 heterocycles. The van der Waals surface area contributed by atoms with E-state index in [0.717, 1.165) is 0 Å². The second kappa shape index (κ2) is 7.33. The van der Waals surface area contributed by atoms with Crippen LogP contribution in [-0.2, 0) is 11.2 Å². The van der Waals surface area contributed by atoms with E-state index in [1.54, 1.807) is 19.2 Å². The van der Waals surface area contributed by atoms with Gasteiger partial charge >= 0.3 is 0 Å². The number of aliphatic hydroxyl groups is 1. The summed E-state index contributed by atoms with van der Waals surface area (Å²) in [6.45, 7) is 1.41. The SMILES string of the molecule is COCC(O)CNCCc1ccccc1F. The van der Waals surface area contributed by atoms with Crippen molar-refractivity contribution in [1.82, 2.24) is 5.32 Å². The molecule has 1 aromatic carbocycles. The van der Waals surface area contributed by atoms with Crippen LogP contribution in [0.15, 0.2) is 24.3 Å². The summed E-state index contributed by atoms with van der Waals surface area (Å²) in [6.07, 6.45) is 0.109. The third-order valence-electron chi connectivity index (χ3n) is 2.27. The molecule has 16 heavy (non-hydrogen) atoms. The van der Waals surface area contributed by atoms with Crippen molar-refractivity contribution in [1.29, 1.82) is 0 Å². The van der Waals surface area contributed by atoms with E-state index >= 15 is 0 Å². The summed E-state index contributed by atoms with van der Waals surface area (Å²) in [5.41, 5.74) is 0.691. The van der Waals surface area contributed by atoms with E-state index in [9.17, 15) is 9.50 Å². The van der Waals surface area contributed by atoms with Crippen LogP contribution in [0.1, 0.15) is 5.56 Å². The molecule has 0 saturated heterocycles. The number of methoxy groups -OCH3 is 1. The van der Waals surface area contributed by atoms with Gasteiger partial charge in [0, 0.05) is 13.7 Å². The molecular formula is C12H18FNO2. The van der Waals surface area contributed by atoms with E-state index in [2.05, 4.69) is 5.32 Å². The molecular weight excluding hydrogens is 209 g/mol. The molecule has 4 heteroatoms. The minimum Gasteiger partial charge on any atom is -0.389 e. The van der Waals surface area contributed by atoms with Crippen molar-refractivity contribution in [2.45, 2.75) is 12.5 Å². The van der Waals surface area contributed by atoms with Gasteiger partial charge in [-0.25, -0.2) is 4.39 Å². The molecule has 2 N–H and O–H groups in total. The fourth-order valence-electron chi connectivity index (χ4n) is 1.44. The molecule has 3 nitrogen and oxygen atoms in total. The minimum atomic E-state index is -0.509. The number of halogens is 1. The maximum absolute atomic E-state index is 13.2. The van der Waals surface area contributed by atoms with Crippen molar-refractivity contribution in [3.05, 3.63) is 35.6 Å². The Balaban J connectivity index is 2.19. The van der Waals surface area contributed by atoms with Crippen molar-refractivity contribution < 1.29 is 14.2 Å². The zero-order valence-electron chi connectivity index (χ0n) is 9.45. The van der Waals surface area contributed by atoms with E-state index in [1.165, 1.54) is 6.07 Å². The third kappa shape index (κ3) is 4.70. The highest BCUT2D eigenvalue weighted by molar-refractivity contribution is 5.17. The van der Waals surface area contributed by atoms with Crippen LogP contribution in [0.3, 0.4) is 0 Å². The Bertz CT molecular complexity index is 307. The van der Waals surface area contributed by atoms with Gasteiger partial charge in [0.15, 0.2) is 0 Å². The van der Waals surface area contributed by atoms with Gasteiger partial charge in [0.2, 0.25) is 0 Å². The lowest BCUT2D eigenvalue weighted by atomic mass is 10.1. The molecule has 0 radical (unpaired) electrons. The van der Waals surface area contributed by atoms with Gasteiger partial charge in [-0.3, -0.25) is 0 Å². The first kappa shape index (κ1) is 13.1. The first-order valence-corrected chi connectivity index (χ1v) is 5.35. The lowest BCUT2D eigenvalue weighted by Crippen LogP contribution is -2.31. The number of hydrogen-bond acceptors (Lipinski definition) is 3. The second-order valence-electron chi connectivity index (χ2n) is 3.65. The highest BCUT2D eigenvalue weighted by Gasteiger charge is 2.03. The predicted molar refractivity (Wildman–Crippen MR) is 60.9 cm³/mol. The van der Waals surface area contributed by atoms with Crippen LogP contribution in [0.5, 0.6) is 0 Å². The number of ether oxygens (including phenoxy) is 1. The minimum absolute atomic E-state index is 0.179. The monoisotopic (exact) mass is 227 g/mol. The molecule has 0 amide bonds. The standard InChI is InChI=1S/C12H18FNO2/c1-16-9-11(15)8-14-7-6-10-4-2-3-5-12(10)13/h2-5,11,14-15H,6-9H2,1H3. The van der Waals surface area contributed by atoms with Gasteiger partial charge in [0.25, 0.3) is 0 Å². The highest BCUT2D eigenvalue weighted by Crippen LogP contribution is 2.05. The van der Waals surface area contributed by atoms with E-state index in [4.69, 9.17) is 4.74 Å². The Labute approximate surface area is 95.2 Å². The highest BCUT2D eigenvalue weighted by atomic mass is 19.1. The van der Waals surface area contributed by atoms with Crippen LogP contribution >= 0.6 is 0 Å². The average molecular weight is 227 g/mol. The van der Waals surface area contributed by atoms with Crippen molar-refractivity contribution in [3.8, 4) is 0 Å². The molecule has 0 bridgehead atoms. The predicted octanol–water partition coefficient (Wildman–Crippen LogP) is 0.965. The van der Waals surface area contributed by atoms with Crippen molar-refractivity contribution in [3.63, 3.8) is 0 Å². The topological polar surface area (TPSA) is 41.5 Å². The molecule has 0 spiro atoms. The second-order valence-corrected chi connectivity index (χ2v) is 3.65. The van der Waals surface area contributed by atoms with E-state index in [0.29, 0.717) is 31.7 Å². The summed E-state index contributed by atoms with van der Waals surface area (Å²) in [7, 11) is 1.54. The summed E-state index contributed by atoms with van der Waals surface area (Å²) in [4.78, 5) is 0. The fourth-order valence-corrected chi connectivity index (χ4v) is 1.44. The maximum Gasteiger partial charge on any atom is 0.126 e. The van der Waals surface area contributed by atoms with Crippen LogP contribution < -0.4 is 5.32 Å². The fraction of sp³-hybridized carbons (Fsp3) is 0.500. The quantitative estimate of drug-likeness (QED) is 0.682. The molecule has 0 aliphatic heterocycles. The summed E-state index contributed by atoms with van der Waals surface area (Å²) >= 11 is 0. The van der Waals surface area contributed by atoms with Crippen molar-refractivity contribution in [2.75, 3.05) is 26.8 Å². The normalized spacial score (nSPS) is 12.7. The van der Waals surface area contributed by atoms with Gasteiger partial charge in [-0.15, -0.1) is 0 Å². The molecule has 1 aromatic rings. The van der Waals surface area contributed by atoms with Crippen LogP contribution in [0, 0.1) is 5.82 Å². The number of nitrogens with one attached hydrogen (secondary N) is 1. The van der Waals surface area contributed by atoms with Crippen molar-refractivity contribution >= 4 is 0 Å². The Morgan fingerprint density at radius 3 is 2.88 bits per heavy atom. The number of hydrogen-bond donors (Lipinski definition) is 2. The van der Waals surface area contributed by atoms with Crippen LogP contribution in [-0.4, -0.2) is 38.0 Å². The Morgan fingerprint density at radius 1 is 1.44 bits per heavy atom. The van der Waals surface area contributed by atoms with Gasteiger partial charge in [0.1, 0.15) is 5.82 Å². The lowest BCUT2D eigenvalue weighted by molar-refractivity contribution is 0.0648. The number of rotatable bonds is 7. The molecule has 1 atom stereocenters. The third-order valence-corrected chi connectivity index (χ3v) is 2.27. The molecule has 1 unspecified atom stereocenters. The summed E-state index contributed by atoms with van der Waals surface area (Å²) < 4.78 is 18.0. The van der Waals surface area contributed by atoms with Crippen LogP contribution in [0.2, 0.25) is 0 Å².